The van der Waals surface area contributed by atoms with Crippen LogP contribution in [0.3, 0.4) is 0 Å². The Bertz CT molecular complexity index is 991. The molecule has 0 aliphatic heterocycles. The quantitative estimate of drug-likeness (QED) is 0.448. The first kappa shape index (κ1) is 21.5. The maximum atomic E-state index is 12.4. The Kier molecular flexibility index (Phi) is 6.75. The van der Waals surface area contributed by atoms with E-state index in [4.69, 9.17) is 4.74 Å². The molecule has 29 heavy (non-hydrogen) atoms. The predicted molar refractivity (Wildman–Crippen MR) is 124 cm³/mol. The van der Waals surface area contributed by atoms with Gasteiger partial charge in [-0.1, -0.05) is 67.9 Å². The van der Waals surface area contributed by atoms with Crippen molar-refractivity contribution in [2.75, 3.05) is 11.9 Å². The van der Waals surface area contributed by atoms with Crippen molar-refractivity contribution in [3.63, 3.8) is 0 Å². The molecule has 3 aromatic rings. The van der Waals surface area contributed by atoms with Gasteiger partial charge in [0.1, 0.15) is 5.75 Å². The van der Waals surface area contributed by atoms with E-state index in [1.54, 1.807) is 0 Å². The largest absolute Gasteiger partial charge is 0.483 e. The van der Waals surface area contributed by atoms with Crippen molar-refractivity contribution in [1.82, 2.24) is 4.98 Å². The summed E-state index contributed by atoms with van der Waals surface area (Å²) in [5.41, 5.74) is 4.15. The van der Waals surface area contributed by atoms with Crippen LogP contribution in [0.25, 0.3) is 11.3 Å². The molecule has 4 nitrogen and oxygen atoms in total. The van der Waals surface area contributed by atoms with E-state index < -0.39 is 0 Å². The zero-order valence-corrected chi connectivity index (χ0v) is 19.5. The first-order valence-corrected chi connectivity index (χ1v) is 11.2. The fourth-order valence-electron chi connectivity index (χ4n) is 2.89. The van der Waals surface area contributed by atoms with E-state index >= 15 is 0 Å². The van der Waals surface area contributed by atoms with E-state index in [0.717, 1.165) is 27.7 Å². The van der Waals surface area contributed by atoms with Crippen LogP contribution in [0.2, 0.25) is 0 Å². The molecule has 0 radical (unpaired) electrons. The molecular formula is C23H25BrN2O2S. The number of carbonyl (C=O) groups is 1. The van der Waals surface area contributed by atoms with Gasteiger partial charge in [-0.15, -0.1) is 11.3 Å². The Labute approximate surface area is 184 Å². The second-order valence-electron chi connectivity index (χ2n) is 7.82. The van der Waals surface area contributed by atoms with Crippen molar-refractivity contribution in [1.29, 1.82) is 0 Å². The van der Waals surface area contributed by atoms with Crippen LogP contribution < -0.4 is 10.1 Å². The van der Waals surface area contributed by atoms with E-state index in [0.29, 0.717) is 10.9 Å². The zero-order chi connectivity index (χ0) is 21.0. The van der Waals surface area contributed by atoms with Gasteiger partial charge >= 0.3 is 0 Å². The molecule has 1 aromatic heterocycles. The van der Waals surface area contributed by atoms with Gasteiger partial charge in [0.25, 0.3) is 5.91 Å². The standard InChI is InChI=1S/C23H25BrN2O2S/c1-5-15-6-8-16(9-7-15)19-14-29-22(25-19)26-21(27)13-28-20-11-10-17(24)12-18(20)23(2,3)4/h6-12,14H,5,13H2,1-4H3,(H,25,26,27). The number of aromatic nitrogens is 1. The number of amides is 1. The fraction of sp³-hybridized carbons (Fsp3) is 0.304. The van der Waals surface area contributed by atoms with Crippen molar-refractivity contribution < 1.29 is 9.53 Å². The van der Waals surface area contributed by atoms with Gasteiger partial charge in [0.15, 0.2) is 11.7 Å². The summed E-state index contributed by atoms with van der Waals surface area (Å²) in [5, 5.41) is 5.35. The van der Waals surface area contributed by atoms with Crippen molar-refractivity contribution in [3.8, 4) is 17.0 Å². The second-order valence-corrected chi connectivity index (χ2v) is 9.59. The summed E-state index contributed by atoms with van der Waals surface area (Å²) >= 11 is 4.91. The molecule has 3 rings (SSSR count). The second kappa shape index (κ2) is 9.09. The number of aryl methyl sites for hydroxylation is 1. The molecule has 1 heterocycles. The number of ether oxygens (including phenoxy) is 1. The van der Waals surface area contributed by atoms with Crippen LogP contribution in [0.5, 0.6) is 5.75 Å². The molecule has 152 valence electrons. The summed E-state index contributed by atoms with van der Waals surface area (Å²) in [6, 6.07) is 14.2. The highest BCUT2D eigenvalue weighted by molar-refractivity contribution is 9.10. The van der Waals surface area contributed by atoms with Crippen molar-refractivity contribution >= 4 is 38.3 Å². The van der Waals surface area contributed by atoms with Crippen molar-refractivity contribution in [2.24, 2.45) is 0 Å². The SMILES string of the molecule is CCc1ccc(-c2csc(NC(=O)COc3ccc(Br)cc3C(C)(C)C)n2)cc1. The van der Waals surface area contributed by atoms with E-state index in [-0.39, 0.29) is 17.9 Å². The predicted octanol–water partition coefficient (Wildman–Crippen LogP) is 6.45. The Hall–Kier alpha value is -2.18. The number of anilines is 1. The molecule has 0 aliphatic rings. The maximum Gasteiger partial charge on any atom is 0.264 e. The third kappa shape index (κ3) is 5.67. The Balaban J connectivity index is 1.63. The van der Waals surface area contributed by atoms with Gasteiger partial charge in [0, 0.05) is 21.0 Å². The molecular weight excluding hydrogens is 448 g/mol. The highest BCUT2D eigenvalue weighted by Crippen LogP contribution is 2.33. The average molecular weight is 473 g/mol. The number of hydrogen-bond acceptors (Lipinski definition) is 4. The maximum absolute atomic E-state index is 12.4. The van der Waals surface area contributed by atoms with Gasteiger partial charge in [-0.2, -0.15) is 0 Å². The first-order chi connectivity index (χ1) is 13.8. The van der Waals surface area contributed by atoms with Crippen LogP contribution in [0.4, 0.5) is 5.13 Å². The minimum atomic E-state index is -0.227. The molecule has 0 spiro atoms. The van der Waals surface area contributed by atoms with Gasteiger partial charge in [-0.3, -0.25) is 10.1 Å². The minimum Gasteiger partial charge on any atom is -0.483 e. The Morgan fingerprint density at radius 3 is 2.55 bits per heavy atom. The Morgan fingerprint density at radius 2 is 1.90 bits per heavy atom. The minimum absolute atomic E-state index is 0.0647. The molecule has 6 heteroatoms. The lowest BCUT2D eigenvalue weighted by Gasteiger charge is -2.23. The number of benzene rings is 2. The molecule has 1 N–H and O–H groups in total. The average Bonchev–Trinajstić information content (AvgIpc) is 3.14. The highest BCUT2D eigenvalue weighted by atomic mass is 79.9. The van der Waals surface area contributed by atoms with Crippen LogP contribution in [0.15, 0.2) is 52.3 Å². The number of halogens is 1. The van der Waals surface area contributed by atoms with Crippen LogP contribution >= 0.6 is 27.3 Å². The van der Waals surface area contributed by atoms with Gasteiger partial charge in [0.05, 0.1) is 5.69 Å². The zero-order valence-electron chi connectivity index (χ0n) is 17.1. The topological polar surface area (TPSA) is 51.2 Å². The molecule has 1 amide bonds. The third-order valence-electron chi connectivity index (χ3n) is 4.52. The van der Waals surface area contributed by atoms with Gasteiger partial charge in [0.2, 0.25) is 0 Å². The van der Waals surface area contributed by atoms with Gasteiger partial charge in [-0.25, -0.2) is 4.98 Å². The summed E-state index contributed by atoms with van der Waals surface area (Å²) < 4.78 is 6.80. The van der Waals surface area contributed by atoms with Crippen molar-refractivity contribution in [2.45, 2.75) is 39.5 Å². The number of hydrogen-bond donors (Lipinski definition) is 1. The molecule has 0 saturated carbocycles. The summed E-state index contributed by atoms with van der Waals surface area (Å²) in [5.74, 6) is 0.488. The lowest BCUT2D eigenvalue weighted by molar-refractivity contribution is -0.118. The summed E-state index contributed by atoms with van der Waals surface area (Å²) in [6.07, 6.45) is 1.01. The number of thiazole rings is 1. The number of nitrogens with zero attached hydrogens (tertiary/aromatic N) is 1. The van der Waals surface area contributed by atoms with E-state index in [2.05, 4.69) is 78.2 Å². The third-order valence-corrected chi connectivity index (χ3v) is 5.77. The lowest BCUT2D eigenvalue weighted by atomic mass is 9.86. The molecule has 2 aromatic carbocycles. The monoisotopic (exact) mass is 472 g/mol. The Morgan fingerprint density at radius 1 is 1.17 bits per heavy atom. The summed E-state index contributed by atoms with van der Waals surface area (Å²) in [6.45, 7) is 8.42. The van der Waals surface area contributed by atoms with Crippen LogP contribution in [-0.4, -0.2) is 17.5 Å². The molecule has 0 saturated heterocycles. The van der Waals surface area contributed by atoms with Gasteiger partial charge in [-0.05, 0) is 35.6 Å². The highest BCUT2D eigenvalue weighted by Gasteiger charge is 2.20. The number of carbonyl (C=O) groups excluding carboxylic acids is 1. The lowest BCUT2D eigenvalue weighted by Crippen LogP contribution is -2.22. The fourth-order valence-corrected chi connectivity index (χ4v) is 3.98. The van der Waals surface area contributed by atoms with Gasteiger partial charge < -0.3 is 4.74 Å². The van der Waals surface area contributed by atoms with Crippen LogP contribution in [-0.2, 0) is 16.6 Å². The molecule has 0 bridgehead atoms. The number of rotatable bonds is 6. The molecule has 0 atom stereocenters. The van der Waals surface area contributed by atoms with E-state index in [9.17, 15) is 4.79 Å². The van der Waals surface area contributed by atoms with E-state index in [1.165, 1.54) is 16.9 Å². The molecule has 0 unspecified atom stereocenters. The normalized spacial score (nSPS) is 11.3. The summed E-state index contributed by atoms with van der Waals surface area (Å²) in [7, 11) is 0. The van der Waals surface area contributed by atoms with Crippen LogP contribution in [0, 0.1) is 0 Å². The molecule has 0 fully saturated rings. The van der Waals surface area contributed by atoms with Crippen LogP contribution in [0.1, 0.15) is 38.8 Å². The smallest absolute Gasteiger partial charge is 0.264 e. The summed E-state index contributed by atoms with van der Waals surface area (Å²) in [4.78, 5) is 16.9. The first-order valence-electron chi connectivity index (χ1n) is 9.54. The van der Waals surface area contributed by atoms with E-state index in [1.807, 2.05) is 23.6 Å². The number of nitrogens with one attached hydrogen (secondary N) is 1. The molecule has 0 aliphatic carbocycles. The van der Waals surface area contributed by atoms with Crippen molar-refractivity contribution in [3.05, 3.63) is 63.4 Å².